The van der Waals surface area contributed by atoms with Crippen molar-refractivity contribution in [1.29, 1.82) is 0 Å². The Kier molecular flexibility index (Phi) is 7.67. The number of aryl methyl sites for hydroxylation is 2. The molecule has 4 rings (SSSR count). The van der Waals surface area contributed by atoms with Crippen LogP contribution in [0.4, 0.5) is 0 Å². The van der Waals surface area contributed by atoms with Gasteiger partial charge >= 0.3 is 0 Å². The number of amides is 1. The van der Waals surface area contributed by atoms with E-state index in [0.29, 0.717) is 5.57 Å². The number of aliphatic hydroxyl groups is 1. The van der Waals surface area contributed by atoms with Gasteiger partial charge in [-0.3, -0.25) is 18.1 Å². The molecule has 10 nitrogen and oxygen atoms in total. The van der Waals surface area contributed by atoms with E-state index in [2.05, 4.69) is 6.58 Å². The third-order valence-corrected chi connectivity index (χ3v) is 8.95. The summed E-state index contributed by atoms with van der Waals surface area (Å²) in [5.74, 6) is -0.447. The van der Waals surface area contributed by atoms with E-state index in [0.717, 1.165) is 16.0 Å². The van der Waals surface area contributed by atoms with Crippen molar-refractivity contribution in [2.45, 2.75) is 61.0 Å². The number of benzene rings is 2. The molecule has 2 aromatic rings. The number of carbonyl (C=O) groups excluding carboxylic acids is 1. The predicted octanol–water partition coefficient (Wildman–Crippen LogP) is 2.56. The van der Waals surface area contributed by atoms with Crippen LogP contribution in [-0.2, 0) is 38.1 Å². The fourth-order valence-corrected chi connectivity index (χ4v) is 6.26. The minimum Gasteiger partial charge on any atom is -0.383 e. The maximum Gasteiger partial charge on any atom is 0.297 e. The highest BCUT2D eigenvalue weighted by molar-refractivity contribution is 7.87. The monoisotopic (exact) mass is 563 g/mol. The predicted molar refractivity (Wildman–Crippen MR) is 137 cm³/mol. The molecule has 0 unspecified atom stereocenters. The fourth-order valence-electron chi connectivity index (χ4n) is 4.17. The topological polar surface area (TPSA) is 137 Å². The van der Waals surface area contributed by atoms with Crippen molar-refractivity contribution in [3.8, 4) is 0 Å². The van der Waals surface area contributed by atoms with E-state index in [-0.39, 0.29) is 16.2 Å². The fraction of sp³-hybridized carbons (Fsp3) is 0.346. The Morgan fingerprint density at radius 2 is 1.53 bits per heavy atom. The highest BCUT2D eigenvalue weighted by Crippen LogP contribution is 2.39. The Labute approximate surface area is 222 Å². The summed E-state index contributed by atoms with van der Waals surface area (Å²) in [6, 6.07) is 11.8. The maximum atomic E-state index is 13.1. The molecule has 4 atom stereocenters. The van der Waals surface area contributed by atoms with Crippen LogP contribution in [0, 0.1) is 13.8 Å². The molecule has 1 N–H and O–H groups in total. The molecule has 1 saturated heterocycles. The van der Waals surface area contributed by atoms with Crippen LogP contribution < -0.4 is 0 Å². The summed E-state index contributed by atoms with van der Waals surface area (Å²) in [7, 11) is -8.69. The number of hydrogen-bond acceptors (Lipinski definition) is 9. The molecule has 2 aliphatic rings. The van der Waals surface area contributed by atoms with Crippen LogP contribution in [0.15, 0.2) is 82.7 Å². The normalized spacial score (nSPS) is 26.2. The summed E-state index contributed by atoms with van der Waals surface area (Å²) in [6.07, 6.45) is -1.52. The number of rotatable bonds is 8. The van der Waals surface area contributed by atoms with Crippen molar-refractivity contribution in [3.05, 3.63) is 84.1 Å². The maximum absolute atomic E-state index is 13.1. The lowest BCUT2D eigenvalue weighted by Gasteiger charge is -2.36. The smallest absolute Gasteiger partial charge is 0.297 e. The average molecular weight is 564 g/mol. The zero-order valence-electron chi connectivity index (χ0n) is 21.1. The van der Waals surface area contributed by atoms with Crippen LogP contribution >= 0.6 is 0 Å². The van der Waals surface area contributed by atoms with E-state index in [9.17, 15) is 26.7 Å². The van der Waals surface area contributed by atoms with E-state index in [1.807, 2.05) is 0 Å². The first kappa shape index (κ1) is 28.1. The second kappa shape index (κ2) is 10.4. The molecule has 1 fully saturated rings. The van der Waals surface area contributed by atoms with Gasteiger partial charge in [-0.1, -0.05) is 42.0 Å². The zero-order chi connectivity index (χ0) is 27.9. The number of hydrogen-bond donors (Lipinski definition) is 1. The molecule has 0 aliphatic carbocycles. The van der Waals surface area contributed by atoms with Crippen molar-refractivity contribution in [2.24, 2.45) is 0 Å². The van der Waals surface area contributed by atoms with Crippen LogP contribution in [0.2, 0.25) is 0 Å². The Morgan fingerprint density at radius 3 is 2.05 bits per heavy atom. The lowest BCUT2D eigenvalue weighted by molar-refractivity contribution is -0.155. The van der Waals surface area contributed by atoms with Crippen molar-refractivity contribution < 1.29 is 39.8 Å². The lowest BCUT2D eigenvalue weighted by Crippen LogP contribution is -2.54. The van der Waals surface area contributed by atoms with Gasteiger partial charge in [0.2, 0.25) is 5.91 Å². The molecule has 0 aromatic heterocycles. The standard InChI is InChI=1S/C26H29NO9S2/c1-17-5-9-20(10-6-17)37(30,31)34-16-22-24(36-38(32,33)21-11-7-18(2)8-12-21)26(4,29)25(35-22)27-14-13-19(3)15-23(27)28/h5-14,22,24-25,29H,3,15-16H2,1-2,4H3/t22-,24-,25-,26+/m1/s1. The molecule has 0 spiro atoms. The van der Waals surface area contributed by atoms with Crippen LogP contribution in [0.3, 0.4) is 0 Å². The molecule has 12 heteroatoms. The number of carbonyl (C=O) groups is 1. The van der Waals surface area contributed by atoms with Gasteiger partial charge < -0.3 is 9.84 Å². The minimum absolute atomic E-state index is 0.0391. The van der Waals surface area contributed by atoms with Crippen LogP contribution in [0.25, 0.3) is 0 Å². The molecular weight excluding hydrogens is 534 g/mol. The number of nitrogens with zero attached hydrogens (tertiary/aromatic N) is 1. The molecule has 204 valence electrons. The van der Waals surface area contributed by atoms with E-state index in [1.165, 1.54) is 37.4 Å². The Balaban J connectivity index is 1.65. The van der Waals surface area contributed by atoms with Crippen molar-refractivity contribution >= 4 is 26.1 Å². The summed E-state index contributed by atoms with van der Waals surface area (Å²) in [4.78, 5) is 13.5. The van der Waals surface area contributed by atoms with E-state index >= 15 is 0 Å². The third kappa shape index (κ3) is 5.75. The van der Waals surface area contributed by atoms with Gasteiger partial charge in [-0.2, -0.15) is 16.8 Å². The molecule has 0 bridgehead atoms. The highest BCUT2D eigenvalue weighted by Gasteiger charge is 2.58. The molecule has 1 amide bonds. The zero-order valence-corrected chi connectivity index (χ0v) is 22.7. The average Bonchev–Trinajstić information content (AvgIpc) is 3.07. The number of allylic oxidation sites excluding steroid dienone is 1. The Morgan fingerprint density at radius 1 is 1.00 bits per heavy atom. The Bertz CT molecular complexity index is 1460. The minimum atomic E-state index is -4.43. The second-order valence-electron chi connectivity index (χ2n) is 9.54. The van der Waals surface area contributed by atoms with E-state index in [1.54, 1.807) is 44.2 Å². The van der Waals surface area contributed by atoms with Crippen LogP contribution in [0.5, 0.6) is 0 Å². The van der Waals surface area contributed by atoms with Gasteiger partial charge in [-0.05, 0) is 56.7 Å². The first-order valence-corrected chi connectivity index (χ1v) is 14.5. The molecule has 2 heterocycles. The second-order valence-corrected chi connectivity index (χ2v) is 12.7. The first-order chi connectivity index (χ1) is 17.7. The highest BCUT2D eigenvalue weighted by atomic mass is 32.2. The molecule has 0 radical (unpaired) electrons. The van der Waals surface area contributed by atoms with Gasteiger partial charge in [0.25, 0.3) is 20.2 Å². The third-order valence-electron chi connectivity index (χ3n) is 6.34. The quantitative estimate of drug-likeness (QED) is 0.481. The molecule has 2 aliphatic heterocycles. The largest absolute Gasteiger partial charge is 0.383 e. The van der Waals surface area contributed by atoms with Crippen LogP contribution in [0.1, 0.15) is 24.5 Å². The summed E-state index contributed by atoms with van der Waals surface area (Å²) in [6.45, 7) is 7.90. The summed E-state index contributed by atoms with van der Waals surface area (Å²) < 4.78 is 68.4. The van der Waals surface area contributed by atoms with Gasteiger partial charge in [-0.25, -0.2) is 0 Å². The molecular formula is C26H29NO9S2. The Hall–Kier alpha value is -2.87. The van der Waals surface area contributed by atoms with Crippen LogP contribution in [-0.4, -0.2) is 63.4 Å². The van der Waals surface area contributed by atoms with Gasteiger partial charge in [0.05, 0.1) is 22.8 Å². The van der Waals surface area contributed by atoms with Gasteiger partial charge in [-0.15, -0.1) is 0 Å². The molecule has 0 saturated carbocycles. The van der Waals surface area contributed by atoms with Crippen molar-refractivity contribution in [1.82, 2.24) is 4.90 Å². The van der Waals surface area contributed by atoms with Gasteiger partial charge in [0.15, 0.2) is 6.23 Å². The lowest BCUT2D eigenvalue weighted by atomic mass is 9.95. The summed E-state index contributed by atoms with van der Waals surface area (Å²) >= 11 is 0. The number of ether oxygens (including phenoxy) is 1. The molecule has 38 heavy (non-hydrogen) atoms. The van der Waals surface area contributed by atoms with Gasteiger partial charge in [0, 0.05) is 6.20 Å². The van der Waals surface area contributed by atoms with E-state index in [4.69, 9.17) is 13.1 Å². The summed E-state index contributed by atoms with van der Waals surface area (Å²) in [5.41, 5.74) is 0.129. The van der Waals surface area contributed by atoms with E-state index < -0.39 is 56.8 Å². The van der Waals surface area contributed by atoms with Gasteiger partial charge in [0.1, 0.15) is 17.8 Å². The van der Waals surface area contributed by atoms with Crippen molar-refractivity contribution in [2.75, 3.05) is 6.61 Å². The summed E-state index contributed by atoms with van der Waals surface area (Å²) in [5, 5.41) is 11.5. The van der Waals surface area contributed by atoms with Crippen molar-refractivity contribution in [3.63, 3.8) is 0 Å². The first-order valence-electron chi connectivity index (χ1n) is 11.7. The molecule has 2 aromatic carbocycles. The SMILES string of the molecule is C=C1C=CN([C@@H]2O[C@H](COS(=O)(=O)c3ccc(C)cc3)[C@@H](OS(=O)(=O)c3ccc(C)cc3)[C@]2(C)O)C(=O)C1.